The number of hydrogen-bond acceptors (Lipinski definition) is 2. The van der Waals surface area contributed by atoms with E-state index in [2.05, 4.69) is 9.99 Å². The first kappa shape index (κ1) is 9.36. The predicted octanol–water partition coefficient (Wildman–Crippen LogP) is 0.210. The van der Waals surface area contributed by atoms with Crippen LogP contribution < -0.4 is 11.5 Å². The van der Waals surface area contributed by atoms with Gasteiger partial charge in [0.25, 0.3) is 0 Å². The van der Waals surface area contributed by atoms with E-state index in [1.165, 1.54) is 0 Å². The highest BCUT2D eigenvalue weighted by Gasteiger charge is 1.85. The minimum atomic E-state index is -0.0501. The molecule has 0 unspecified atom stereocenters. The summed E-state index contributed by atoms with van der Waals surface area (Å²) in [5.41, 5.74) is 9.97. The van der Waals surface area contributed by atoms with Crippen LogP contribution in [0.1, 0.15) is 12.8 Å². The van der Waals surface area contributed by atoms with Crippen molar-refractivity contribution >= 4 is 17.6 Å². The highest BCUT2D eigenvalue weighted by molar-refractivity contribution is 6.17. The number of rotatable bonds is 5. The highest BCUT2D eigenvalue weighted by Crippen LogP contribution is 1.91. The summed E-state index contributed by atoms with van der Waals surface area (Å²) in [4.78, 5) is 4.68. The van der Waals surface area contributed by atoms with Crippen molar-refractivity contribution in [3.05, 3.63) is 0 Å². The smallest absolute Gasteiger partial charge is 0.228 e. The number of unbranched alkanes of at least 4 members (excludes halogenated alkanes) is 1. The minimum Gasteiger partial charge on any atom is -0.393 e. The van der Waals surface area contributed by atoms with Gasteiger partial charge in [-0.05, 0) is 18.0 Å². The Balaban J connectivity index is 2.98. The fraction of sp³-hybridized carbons (Fsp3) is 0.800. The highest BCUT2D eigenvalue weighted by atomic mass is 35.5. The van der Waals surface area contributed by atoms with Crippen LogP contribution in [0.5, 0.6) is 0 Å². The lowest BCUT2D eigenvalue weighted by Gasteiger charge is -1.96. The first-order valence-electron chi connectivity index (χ1n) is 3.04. The van der Waals surface area contributed by atoms with Crippen molar-refractivity contribution in [3.8, 4) is 0 Å². The van der Waals surface area contributed by atoms with Crippen molar-refractivity contribution in [1.29, 1.82) is 0 Å². The molecule has 0 fully saturated rings. The standard InChI is InChI=1S/C5H12ClN3O/c6-3-1-2-4-10-9-5(7)8/h1-4H2,(H4,7,8,9). The summed E-state index contributed by atoms with van der Waals surface area (Å²) in [5, 5.41) is 3.33. The molecule has 0 aliphatic heterocycles. The molecule has 0 aromatic heterocycles. The van der Waals surface area contributed by atoms with E-state index in [0.717, 1.165) is 12.8 Å². The van der Waals surface area contributed by atoms with Gasteiger partial charge in [0.2, 0.25) is 5.96 Å². The second-order valence-electron chi connectivity index (χ2n) is 1.75. The zero-order chi connectivity index (χ0) is 7.82. The first-order chi connectivity index (χ1) is 4.77. The van der Waals surface area contributed by atoms with Gasteiger partial charge in [-0.1, -0.05) is 0 Å². The summed E-state index contributed by atoms with van der Waals surface area (Å²) in [5.74, 6) is 0.594. The maximum Gasteiger partial charge on any atom is 0.228 e. The molecule has 0 aromatic rings. The van der Waals surface area contributed by atoms with Crippen molar-refractivity contribution in [2.24, 2.45) is 16.6 Å². The van der Waals surface area contributed by atoms with Gasteiger partial charge in [0, 0.05) is 5.88 Å². The lowest BCUT2D eigenvalue weighted by atomic mass is 10.4. The topological polar surface area (TPSA) is 73.6 Å². The Bertz CT molecular complexity index is 103. The summed E-state index contributed by atoms with van der Waals surface area (Å²) >= 11 is 5.40. The van der Waals surface area contributed by atoms with Crippen LogP contribution in [0.15, 0.2) is 5.16 Å². The van der Waals surface area contributed by atoms with E-state index >= 15 is 0 Å². The average Bonchev–Trinajstić information content (AvgIpc) is 1.87. The number of nitrogens with zero attached hydrogens (tertiary/aromatic N) is 1. The van der Waals surface area contributed by atoms with Crippen molar-refractivity contribution in [2.75, 3.05) is 12.5 Å². The maximum atomic E-state index is 5.40. The van der Waals surface area contributed by atoms with Crippen LogP contribution in [0.4, 0.5) is 0 Å². The molecular weight excluding hydrogens is 154 g/mol. The Morgan fingerprint density at radius 2 is 2.10 bits per heavy atom. The molecule has 60 valence electrons. The molecule has 0 aliphatic rings. The van der Waals surface area contributed by atoms with Crippen LogP contribution in [-0.4, -0.2) is 18.4 Å². The van der Waals surface area contributed by atoms with Crippen LogP contribution in [0.2, 0.25) is 0 Å². The third-order valence-corrected chi connectivity index (χ3v) is 1.06. The molecule has 0 atom stereocenters. The maximum absolute atomic E-state index is 5.40. The Morgan fingerprint density at radius 1 is 1.40 bits per heavy atom. The summed E-state index contributed by atoms with van der Waals surface area (Å²) in [6, 6.07) is 0. The number of oxime groups is 1. The average molecular weight is 166 g/mol. The van der Waals surface area contributed by atoms with E-state index in [0.29, 0.717) is 12.5 Å². The molecule has 10 heavy (non-hydrogen) atoms. The quantitative estimate of drug-likeness (QED) is 0.201. The van der Waals surface area contributed by atoms with E-state index in [4.69, 9.17) is 23.1 Å². The number of alkyl halides is 1. The van der Waals surface area contributed by atoms with Gasteiger partial charge in [-0.25, -0.2) is 0 Å². The molecule has 4 N–H and O–H groups in total. The zero-order valence-corrected chi connectivity index (χ0v) is 6.47. The Hall–Kier alpha value is -0.640. The minimum absolute atomic E-state index is 0.0501. The van der Waals surface area contributed by atoms with Gasteiger partial charge in [-0.3, -0.25) is 0 Å². The van der Waals surface area contributed by atoms with E-state index in [9.17, 15) is 0 Å². The molecule has 0 aliphatic carbocycles. The fourth-order valence-corrected chi connectivity index (χ4v) is 0.570. The fourth-order valence-electron chi connectivity index (χ4n) is 0.381. The molecule has 4 nitrogen and oxygen atoms in total. The Labute approximate surface area is 65.1 Å². The Kier molecular flexibility index (Phi) is 6.06. The summed E-state index contributed by atoms with van der Waals surface area (Å²) in [7, 11) is 0. The van der Waals surface area contributed by atoms with Gasteiger partial charge < -0.3 is 16.3 Å². The van der Waals surface area contributed by atoms with Gasteiger partial charge in [0.1, 0.15) is 6.61 Å². The van der Waals surface area contributed by atoms with E-state index in [1.54, 1.807) is 0 Å². The molecule has 0 radical (unpaired) electrons. The van der Waals surface area contributed by atoms with Gasteiger partial charge in [-0.15, -0.1) is 11.6 Å². The van der Waals surface area contributed by atoms with Crippen LogP contribution in [0.3, 0.4) is 0 Å². The second kappa shape index (κ2) is 6.48. The largest absolute Gasteiger partial charge is 0.393 e. The van der Waals surface area contributed by atoms with Crippen molar-refractivity contribution in [2.45, 2.75) is 12.8 Å². The zero-order valence-electron chi connectivity index (χ0n) is 5.72. The molecule has 0 amide bonds. The molecule has 0 heterocycles. The van der Waals surface area contributed by atoms with Gasteiger partial charge >= 0.3 is 0 Å². The van der Waals surface area contributed by atoms with Crippen LogP contribution in [0, 0.1) is 0 Å². The normalized spacial score (nSPS) is 8.90. The first-order valence-corrected chi connectivity index (χ1v) is 3.57. The summed E-state index contributed by atoms with van der Waals surface area (Å²) in [6.45, 7) is 0.518. The van der Waals surface area contributed by atoms with Crippen molar-refractivity contribution in [3.63, 3.8) is 0 Å². The summed E-state index contributed by atoms with van der Waals surface area (Å²) in [6.07, 6.45) is 1.79. The molecule has 0 rings (SSSR count). The van der Waals surface area contributed by atoms with Crippen molar-refractivity contribution in [1.82, 2.24) is 0 Å². The molecule has 5 heteroatoms. The van der Waals surface area contributed by atoms with E-state index < -0.39 is 0 Å². The van der Waals surface area contributed by atoms with Crippen LogP contribution in [0.25, 0.3) is 0 Å². The number of guanidine groups is 1. The van der Waals surface area contributed by atoms with Crippen LogP contribution in [-0.2, 0) is 4.84 Å². The van der Waals surface area contributed by atoms with Crippen LogP contribution >= 0.6 is 11.6 Å². The van der Waals surface area contributed by atoms with Gasteiger partial charge in [0.15, 0.2) is 0 Å². The molecular formula is C5H12ClN3O. The second-order valence-corrected chi connectivity index (χ2v) is 2.12. The predicted molar refractivity (Wildman–Crippen MR) is 41.7 cm³/mol. The monoisotopic (exact) mass is 165 g/mol. The molecule has 0 spiro atoms. The number of halogens is 1. The Morgan fingerprint density at radius 3 is 2.60 bits per heavy atom. The number of hydrogen-bond donors (Lipinski definition) is 2. The van der Waals surface area contributed by atoms with Gasteiger partial charge in [0.05, 0.1) is 0 Å². The van der Waals surface area contributed by atoms with E-state index in [1.807, 2.05) is 0 Å². The number of nitrogens with two attached hydrogens (primary N) is 2. The third-order valence-electron chi connectivity index (χ3n) is 0.789. The van der Waals surface area contributed by atoms with E-state index in [-0.39, 0.29) is 5.96 Å². The summed E-state index contributed by atoms with van der Waals surface area (Å²) < 4.78 is 0. The SMILES string of the molecule is NC(N)=NOCCCCCl. The molecule has 0 saturated carbocycles. The lowest BCUT2D eigenvalue weighted by Crippen LogP contribution is -2.22. The third kappa shape index (κ3) is 7.36. The van der Waals surface area contributed by atoms with Crippen molar-refractivity contribution < 1.29 is 4.84 Å². The molecule has 0 saturated heterocycles. The molecule has 0 aromatic carbocycles. The lowest BCUT2D eigenvalue weighted by molar-refractivity contribution is 0.140. The van der Waals surface area contributed by atoms with Gasteiger partial charge in [-0.2, -0.15) is 0 Å². The molecule has 0 bridgehead atoms.